The van der Waals surface area contributed by atoms with Crippen molar-refractivity contribution in [3.63, 3.8) is 0 Å². The highest BCUT2D eigenvalue weighted by Crippen LogP contribution is 2.10. The van der Waals surface area contributed by atoms with Gasteiger partial charge in [0.25, 0.3) is 11.8 Å². The van der Waals surface area contributed by atoms with Crippen LogP contribution in [0.25, 0.3) is 0 Å². The van der Waals surface area contributed by atoms with E-state index >= 15 is 0 Å². The summed E-state index contributed by atoms with van der Waals surface area (Å²) in [6.45, 7) is 1.71. The lowest BCUT2D eigenvalue weighted by atomic mass is 10.1. The number of nitrogens with zero attached hydrogens (tertiary/aromatic N) is 4. The number of aliphatic imine (C=N–C) groups is 3. The minimum atomic E-state index is -1.10. The molecule has 0 aliphatic carbocycles. The summed E-state index contributed by atoms with van der Waals surface area (Å²) in [6, 6.07) is -1.10. The van der Waals surface area contributed by atoms with Crippen LogP contribution in [0.2, 0.25) is 0 Å². The molecule has 2 aliphatic heterocycles. The molecule has 20 heavy (non-hydrogen) atoms. The van der Waals surface area contributed by atoms with Crippen LogP contribution in [0.15, 0.2) is 15.0 Å². The molecule has 0 bridgehead atoms. The average Bonchev–Trinajstić information content (AvgIpc) is 2.37. The Kier molecular flexibility index (Phi) is 3.59. The summed E-state index contributed by atoms with van der Waals surface area (Å²) >= 11 is 0. The van der Waals surface area contributed by atoms with Gasteiger partial charge < -0.3 is 15.0 Å². The monoisotopic (exact) mass is 279 g/mol. The fourth-order valence-electron chi connectivity index (χ4n) is 1.59. The quantitative estimate of drug-likeness (QED) is 0.608. The van der Waals surface area contributed by atoms with Gasteiger partial charge in [-0.15, -0.1) is 0 Å². The maximum atomic E-state index is 11.9. The van der Waals surface area contributed by atoms with Crippen LogP contribution in [0.5, 0.6) is 0 Å². The van der Waals surface area contributed by atoms with Crippen LogP contribution >= 0.6 is 0 Å². The molecule has 2 amide bonds. The summed E-state index contributed by atoms with van der Waals surface area (Å²) in [7, 11) is 3.32. The van der Waals surface area contributed by atoms with Crippen LogP contribution < -0.4 is 5.32 Å². The number of rotatable bonds is 2. The van der Waals surface area contributed by atoms with Crippen molar-refractivity contribution in [3.05, 3.63) is 0 Å². The van der Waals surface area contributed by atoms with Crippen molar-refractivity contribution in [1.29, 1.82) is 0 Å². The average molecular weight is 279 g/mol. The Morgan fingerprint density at radius 2 is 2.05 bits per heavy atom. The summed E-state index contributed by atoms with van der Waals surface area (Å²) in [5, 5.41) is 2.37. The Labute approximate surface area is 114 Å². The fourth-order valence-corrected chi connectivity index (χ4v) is 1.59. The number of carbonyl (C=O) groups excluding carboxylic acids is 3. The third kappa shape index (κ3) is 2.42. The first-order valence-corrected chi connectivity index (χ1v) is 5.88. The predicted octanol–water partition coefficient (Wildman–Crippen LogP) is -1.65. The Bertz CT molecular complexity index is 575. The van der Waals surface area contributed by atoms with E-state index in [4.69, 9.17) is 4.74 Å². The number of esters is 1. The van der Waals surface area contributed by atoms with Crippen molar-refractivity contribution >= 4 is 35.3 Å². The van der Waals surface area contributed by atoms with Gasteiger partial charge in [0.2, 0.25) is 11.7 Å². The van der Waals surface area contributed by atoms with Gasteiger partial charge in [-0.25, -0.2) is 4.79 Å². The van der Waals surface area contributed by atoms with E-state index in [1.165, 1.54) is 4.90 Å². The molecular formula is C11H13N5O4. The van der Waals surface area contributed by atoms with Crippen molar-refractivity contribution in [3.8, 4) is 0 Å². The summed E-state index contributed by atoms with van der Waals surface area (Å²) in [6.07, 6.45) is 0. The van der Waals surface area contributed by atoms with Gasteiger partial charge in [0.05, 0.1) is 6.61 Å². The molecule has 0 radical (unpaired) electrons. The molecule has 0 saturated carbocycles. The number of amidine groups is 1. The predicted molar refractivity (Wildman–Crippen MR) is 69.6 cm³/mol. The molecule has 2 aliphatic rings. The molecule has 106 valence electrons. The zero-order valence-electron chi connectivity index (χ0n) is 11.2. The van der Waals surface area contributed by atoms with E-state index in [1.54, 1.807) is 21.0 Å². The maximum Gasteiger partial charge on any atom is 0.362 e. The number of guanidine groups is 1. The largest absolute Gasteiger partial charge is 0.461 e. The summed E-state index contributed by atoms with van der Waals surface area (Å²) in [5.74, 6) is -1.99. The lowest BCUT2D eigenvalue weighted by molar-refractivity contribution is -0.135. The Balaban J connectivity index is 2.34. The molecule has 1 atom stereocenters. The maximum absolute atomic E-state index is 11.9. The molecule has 9 heteroatoms. The minimum absolute atomic E-state index is 0.0618. The van der Waals surface area contributed by atoms with Crippen molar-refractivity contribution < 1.29 is 19.1 Å². The van der Waals surface area contributed by atoms with Crippen LogP contribution in [0, 0.1) is 0 Å². The lowest BCUT2D eigenvalue weighted by Crippen LogP contribution is -2.54. The van der Waals surface area contributed by atoms with Crippen molar-refractivity contribution in [2.75, 3.05) is 20.7 Å². The Morgan fingerprint density at radius 1 is 1.35 bits per heavy atom. The number of hydrogen-bond acceptors (Lipinski definition) is 7. The second-order valence-corrected chi connectivity index (χ2v) is 4.20. The van der Waals surface area contributed by atoms with Crippen LogP contribution in [0.3, 0.4) is 0 Å². The van der Waals surface area contributed by atoms with E-state index in [-0.39, 0.29) is 18.4 Å². The van der Waals surface area contributed by atoms with Gasteiger partial charge in [0, 0.05) is 14.1 Å². The molecule has 0 saturated heterocycles. The molecule has 0 fully saturated rings. The van der Waals surface area contributed by atoms with Crippen LogP contribution in [-0.4, -0.2) is 66.9 Å². The second-order valence-electron chi connectivity index (χ2n) is 4.20. The molecule has 0 aromatic rings. The first-order valence-electron chi connectivity index (χ1n) is 5.88. The molecule has 0 spiro atoms. The molecule has 0 aromatic heterocycles. The number of carbonyl (C=O) groups is 3. The number of ether oxygens (including phenoxy) is 1. The van der Waals surface area contributed by atoms with Gasteiger partial charge in [-0.3, -0.25) is 14.6 Å². The lowest BCUT2D eigenvalue weighted by Gasteiger charge is -2.24. The summed E-state index contributed by atoms with van der Waals surface area (Å²) < 4.78 is 4.70. The molecule has 9 nitrogen and oxygen atoms in total. The molecule has 2 rings (SSSR count). The standard InChI is InChI=1S/C11H13N5O4/c1-4-20-10(19)6-9(18)13-7-5(12-6)8(17)15-11(14-7)16(2)3/h5H,4H2,1-3H3,(H,13,14,15,17,18). The van der Waals surface area contributed by atoms with Gasteiger partial charge in [-0.1, -0.05) is 0 Å². The van der Waals surface area contributed by atoms with Crippen LogP contribution in [-0.2, 0) is 19.1 Å². The van der Waals surface area contributed by atoms with Gasteiger partial charge in [0.15, 0.2) is 6.04 Å². The van der Waals surface area contributed by atoms with E-state index in [2.05, 4.69) is 20.3 Å². The first-order chi connectivity index (χ1) is 9.43. The normalized spacial score (nSPS) is 21.1. The van der Waals surface area contributed by atoms with Gasteiger partial charge in [0.1, 0.15) is 5.84 Å². The molecule has 2 heterocycles. The van der Waals surface area contributed by atoms with E-state index in [0.717, 1.165) is 0 Å². The Hall–Kier alpha value is -2.58. The molecular weight excluding hydrogens is 266 g/mol. The van der Waals surface area contributed by atoms with Gasteiger partial charge >= 0.3 is 5.97 Å². The fraction of sp³-hybridized carbons (Fsp3) is 0.455. The Morgan fingerprint density at radius 3 is 2.65 bits per heavy atom. The highest BCUT2D eigenvalue weighted by Gasteiger charge is 2.38. The highest BCUT2D eigenvalue weighted by atomic mass is 16.5. The first kappa shape index (κ1) is 13.8. The zero-order chi connectivity index (χ0) is 14.9. The molecule has 1 N–H and O–H groups in total. The number of fused-ring (bicyclic) bond motifs is 1. The van der Waals surface area contributed by atoms with E-state index in [1.807, 2.05) is 0 Å². The smallest absolute Gasteiger partial charge is 0.362 e. The van der Waals surface area contributed by atoms with E-state index < -0.39 is 29.5 Å². The SMILES string of the molecule is CCOC(=O)C1=NC2C(=O)N=C(N(C)C)N=C2NC1=O. The van der Waals surface area contributed by atoms with E-state index in [0.29, 0.717) is 0 Å². The van der Waals surface area contributed by atoms with Crippen LogP contribution in [0.1, 0.15) is 6.92 Å². The minimum Gasteiger partial charge on any atom is -0.461 e. The molecule has 0 aromatic carbocycles. The topological polar surface area (TPSA) is 113 Å². The summed E-state index contributed by atoms with van der Waals surface area (Å²) in [5.41, 5.74) is -0.451. The third-order valence-corrected chi connectivity index (χ3v) is 2.51. The zero-order valence-corrected chi connectivity index (χ0v) is 11.2. The van der Waals surface area contributed by atoms with Gasteiger partial charge in [-0.2, -0.15) is 9.98 Å². The van der Waals surface area contributed by atoms with E-state index in [9.17, 15) is 14.4 Å². The number of nitrogens with one attached hydrogen (secondary N) is 1. The molecule has 1 unspecified atom stereocenters. The number of amides is 2. The summed E-state index contributed by atoms with van der Waals surface area (Å²) in [4.78, 5) is 48.3. The van der Waals surface area contributed by atoms with Crippen molar-refractivity contribution in [2.45, 2.75) is 13.0 Å². The highest BCUT2D eigenvalue weighted by molar-refractivity contribution is 6.66. The van der Waals surface area contributed by atoms with Crippen molar-refractivity contribution in [2.24, 2.45) is 15.0 Å². The number of hydrogen-bond donors (Lipinski definition) is 1. The van der Waals surface area contributed by atoms with Gasteiger partial charge in [-0.05, 0) is 6.92 Å². The van der Waals surface area contributed by atoms with Crippen molar-refractivity contribution in [1.82, 2.24) is 10.2 Å². The van der Waals surface area contributed by atoms with Crippen LogP contribution in [0.4, 0.5) is 0 Å². The third-order valence-electron chi connectivity index (χ3n) is 2.51. The second kappa shape index (κ2) is 5.19.